The maximum Gasteiger partial charge on any atom is 0.274 e. The van der Waals surface area contributed by atoms with E-state index in [1.807, 2.05) is 11.8 Å². The predicted octanol–water partition coefficient (Wildman–Crippen LogP) is 2.68. The SMILES string of the molecule is Cc1nc(C(=O)N2C[C@H]3C[C@H]3[C@H]2CN)c(-c2ccccc2F)s1. The molecular formula is C17H18FN3OS. The number of benzene rings is 1. The van der Waals surface area contributed by atoms with Crippen molar-refractivity contribution in [2.24, 2.45) is 17.6 Å². The van der Waals surface area contributed by atoms with Gasteiger partial charge in [-0.2, -0.15) is 0 Å². The summed E-state index contributed by atoms with van der Waals surface area (Å²) in [5.41, 5.74) is 6.66. The standard InChI is InChI=1S/C17H18FN3OS/c1-9-20-15(16(23-9)11-4-2-3-5-13(11)18)17(22)21-8-10-6-12(10)14(21)7-19/h2-5,10,12,14H,6-8,19H2,1H3/t10-,12-,14-/m1/s1. The summed E-state index contributed by atoms with van der Waals surface area (Å²) in [4.78, 5) is 19.9. The van der Waals surface area contributed by atoms with Crippen LogP contribution in [0, 0.1) is 24.6 Å². The minimum absolute atomic E-state index is 0.1000. The second-order valence-electron chi connectivity index (χ2n) is 6.31. The van der Waals surface area contributed by atoms with Gasteiger partial charge in [0.2, 0.25) is 0 Å². The van der Waals surface area contributed by atoms with Gasteiger partial charge in [0.05, 0.1) is 9.88 Å². The van der Waals surface area contributed by atoms with E-state index in [2.05, 4.69) is 4.98 Å². The van der Waals surface area contributed by atoms with Gasteiger partial charge in [-0.3, -0.25) is 4.79 Å². The third-order valence-electron chi connectivity index (χ3n) is 4.86. The summed E-state index contributed by atoms with van der Waals surface area (Å²) >= 11 is 1.36. The van der Waals surface area contributed by atoms with Crippen LogP contribution in [0.25, 0.3) is 10.4 Å². The van der Waals surface area contributed by atoms with Gasteiger partial charge in [0.1, 0.15) is 11.5 Å². The summed E-state index contributed by atoms with van der Waals surface area (Å²) in [6.45, 7) is 3.07. The molecule has 4 nitrogen and oxygen atoms in total. The summed E-state index contributed by atoms with van der Waals surface area (Å²) in [5, 5.41) is 0.764. The average molecular weight is 331 g/mol. The van der Waals surface area contributed by atoms with Crippen LogP contribution in [0.1, 0.15) is 21.9 Å². The topological polar surface area (TPSA) is 59.2 Å². The number of thiazole rings is 1. The van der Waals surface area contributed by atoms with E-state index >= 15 is 0 Å². The maximum atomic E-state index is 14.2. The highest BCUT2D eigenvalue weighted by molar-refractivity contribution is 7.15. The molecule has 1 amide bonds. The predicted molar refractivity (Wildman–Crippen MR) is 87.7 cm³/mol. The molecule has 1 aliphatic heterocycles. The highest BCUT2D eigenvalue weighted by atomic mass is 32.1. The van der Waals surface area contributed by atoms with Crippen LogP contribution in [-0.2, 0) is 0 Å². The first-order valence-corrected chi connectivity index (χ1v) is 8.65. The van der Waals surface area contributed by atoms with Crippen LogP contribution in [0.15, 0.2) is 24.3 Å². The van der Waals surface area contributed by atoms with Gasteiger partial charge in [-0.25, -0.2) is 9.37 Å². The number of amides is 1. The molecule has 0 bridgehead atoms. The number of halogens is 1. The molecule has 0 spiro atoms. The Morgan fingerprint density at radius 2 is 2.26 bits per heavy atom. The van der Waals surface area contributed by atoms with Crippen LogP contribution in [0.5, 0.6) is 0 Å². The number of nitrogens with two attached hydrogens (primary N) is 1. The minimum Gasteiger partial charge on any atom is -0.332 e. The molecule has 1 aromatic carbocycles. The van der Waals surface area contributed by atoms with E-state index in [1.165, 1.54) is 23.8 Å². The number of rotatable bonds is 3. The first kappa shape index (κ1) is 14.8. The zero-order valence-corrected chi connectivity index (χ0v) is 13.6. The van der Waals surface area contributed by atoms with Gasteiger partial charge in [-0.1, -0.05) is 18.2 Å². The summed E-state index contributed by atoms with van der Waals surface area (Å²) in [6, 6.07) is 6.62. The van der Waals surface area contributed by atoms with Crippen molar-refractivity contribution < 1.29 is 9.18 Å². The molecule has 6 heteroatoms. The highest BCUT2D eigenvalue weighted by Crippen LogP contribution is 2.49. The van der Waals surface area contributed by atoms with Crippen molar-refractivity contribution >= 4 is 17.2 Å². The van der Waals surface area contributed by atoms with Crippen molar-refractivity contribution in [1.29, 1.82) is 0 Å². The summed E-state index contributed by atoms with van der Waals surface area (Å²) in [6.07, 6.45) is 1.17. The Morgan fingerprint density at radius 3 is 3.00 bits per heavy atom. The number of likely N-dealkylation sites (tertiary alicyclic amines) is 1. The van der Waals surface area contributed by atoms with Crippen molar-refractivity contribution in [2.45, 2.75) is 19.4 Å². The quantitative estimate of drug-likeness (QED) is 0.941. The molecule has 2 aromatic rings. The molecule has 1 aromatic heterocycles. The van der Waals surface area contributed by atoms with Crippen LogP contribution < -0.4 is 5.73 Å². The lowest BCUT2D eigenvalue weighted by Gasteiger charge is -2.26. The van der Waals surface area contributed by atoms with Crippen molar-refractivity contribution in [3.05, 3.63) is 40.8 Å². The molecule has 3 atom stereocenters. The van der Waals surface area contributed by atoms with Crippen molar-refractivity contribution in [3.63, 3.8) is 0 Å². The van der Waals surface area contributed by atoms with Crippen LogP contribution in [0.4, 0.5) is 4.39 Å². The number of hydrogen-bond acceptors (Lipinski definition) is 4. The lowest BCUT2D eigenvalue weighted by Crippen LogP contribution is -2.43. The van der Waals surface area contributed by atoms with E-state index in [0.717, 1.165) is 11.6 Å². The Labute approximate surface area is 138 Å². The Balaban J connectivity index is 1.72. The number of fused-ring (bicyclic) bond motifs is 1. The molecule has 1 saturated carbocycles. The highest BCUT2D eigenvalue weighted by Gasteiger charge is 2.53. The normalized spacial score (nSPS) is 25.5. The Bertz CT molecular complexity index is 775. The Hall–Kier alpha value is -1.79. The first-order valence-electron chi connectivity index (χ1n) is 7.83. The van der Waals surface area contributed by atoms with Gasteiger partial charge in [0.25, 0.3) is 5.91 Å². The monoisotopic (exact) mass is 331 g/mol. The molecule has 1 saturated heterocycles. The fraction of sp³-hybridized carbons (Fsp3) is 0.412. The molecular weight excluding hydrogens is 313 g/mol. The lowest BCUT2D eigenvalue weighted by atomic mass is 10.1. The van der Waals surface area contributed by atoms with E-state index in [1.54, 1.807) is 18.2 Å². The summed E-state index contributed by atoms with van der Waals surface area (Å²) < 4.78 is 14.2. The summed E-state index contributed by atoms with van der Waals surface area (Å²) in [5.74, 6) is 0.685. The molecule has 120 valence electrons. The number of carbonyl (C=O) groups is 1. The van der Waals surface area contributed by atoms with Crippen molar-refractivity contribution in [3.8, 4) is 10.4 Å². The zero-order chi connectivity index (χ0) is 16.1. The summed E-state index contributed by atoms with van der Waals surface area (Å²) in [7, 11) is 0. The number of nitrogens with zero attached hydrogens (tertiary/aromatic N) is 2. The van der Waals surface area contributed by atoms with E-state index in [-0.39, 0.29) is 17.8 Å². The van der Waals surface area contributed by atoms with Gasteiger partial charge in [0, 0.05) is 24.7 Å². The fourth-order valence-corrected chi connectivity index (χ4v) is 4.58. The smallest absolute Gasteiger partial charge is 0.274 e. The van der Waals surface area contributed by atoms with Crippen LogP contribution >= 0.6 is 11.3 Å². The van der Waals surface area contributed by atoms with Gasteiger partial charge in [-0.15, -0.1) is 11.3 Å². The molecule has 2 N–H and O–H groups in total. The number of piperidine rings is 1. The van der Waals surface area contributed by atoms with E-state index in [9.17, 15) is 9.18 Å². The largest absolute Gasteiger partial charge is 0.332 e. The zero-order valence-electron chi connectivity index (χ0n) is 12.8. The van der Waals surface area contributed by atoms with Gasteiger partial charge >= 0.3 is 0 Å². The van der Waals surface area contributed by atoms with Gasteiger partial charge in [-0.05, 0) is 31.2 Å². The molecule has 0 unspecified atom stereocenters. The fourth-order valence-electron chi connectivity index (χ4n) is 3.64. The first-order chi connectivity index (χ1) is 11.1. The maximum absolute atomic E-state index is 14.2. The number of hydrogen-bond donors (Lipinski definition) is 1. The van der Waals surface area contributed by atoms with Crippen molar-refractivity contribution in [2.75, 3.05) is 13.1 Å². The third-order valence-corrected chi connectivity index (χ3v) is 5.86. The van der Waals surface area contributed by atoms with Gasteiger partial charge < -0.3 is 10.6 Å². The molecule has 0 radical (unpaired) electrons. The van der Waals surface area contributed by atoms with Crippen LogP contribution in [-0.4, -0.2) is 34.9 Å². The van der Waals surface area contributed by atoms with Crippen LogP contribution in [0.2, 0.25) is 0 Å². The second kappa shape index (κ2) is 5.39. The lowest BCUT2D eigenvalue weighted by molar-refractivity contribution is 0.0708. The molecule has 4 rings (SSSR count). The molecule has 23 heavy (non-hydrogen) atoms. The molecule has 1 aliphatic carbocycles. The third kappa shape index (κ3) is 2.37. The number of carbonyl (C=O) groups excluding carboxylic acids is 1. The van der Waals surface area contributed by atoms with Crippen LogP contribution in [0.3, 0.4) is 0 Å². The molecule has 2 fully saturated rings. The Morgan fingerprint density at radius 1 is 1.48 bits per heavy atom. The van der Waals surface area contributed by atoms with E-state index in [4.69, 9.17) is 5.73 Å². The Kier molecular flexibility index (Phi) is 3.46. The molecule has 2 aliphatic rings. The minimum atomic E-state index is -0.329. The van der Waals surface area contributed by atoms with Gasteiger partial charge in [0.15, 0.2) is 0 Å². The van der Waals surface area contributed by atoms with E-state index in [0.29, 0.717) is 34.5 Å². The average Bonchev–Trinajstić information content (AvgIpc) is 3.05. The molecule has 2 heterocycles. The van der Waals surface area contributed by atoms with E-state index < -0.39 is 0 Å². The van der Waals surface area contributed by atoms with Crippen molar-refractivity contribution in [1.82, 2.24) is 9.88 Å². The number of aryl methyl sites for hydroxylation is 1. The number of aromatic nitrogens is 1. The second-order valence-corrected chi connectivity index (χ2v) is 7.51.